The number of thiophene rings is 1. The summed E-state index contributed by atoms with van der Waals surface area (Å²) < 4.78 is 2.43. The number of halogens is 1. The van der Waals surface area contributed by atoms with Crippen LogP contribution < -0.4 is 5.32 Å². The number of hydrogen-bond acceptors (Lipinski definition) is 3. The first-order valence-corrected chi connectivity index (χ1v) is 7.39. The fourth-order valence-electron chi connectivity index (χ4n) is 1.73. The lowest BCUT2D eigenvalue weighted by Crippen LogP contribution is -2.24. The number of carbonyl (C=O) groups is 1. The predicted molar refractivity (Wildman–Crippen MR) is 78.8 cm³/mol. The molecule has 2 heterocycles. The van der Waals surface area contributed by atoms with Gasteiger partial charge in [0.25, 0.3) is 5.91 Å². The van der Waals surface area contributed by atoms with Gasteiger partial charge in [-0.1, -0.05) is 24.9 Å². The zero-order valence-electron chi connectivity index (χ0n) is 10.9. The second kappa shape index (κ2) is 6.21. The smallest absolute Gasteiger partial charge is 0.271 e. The third-order valence-corrected chi connectivity index (χ3v) is 4.01. The van der Waals surface area contributed by atoms with E-state index in [0.29, 0.717) is 12.2 Å². The molecule has 0 radical (unpaired) electrons. The molecule has 0 aliphatic heterocycles. The Balaban J connectivity index is 2.14. The fraction of sp³-hybridized carbons (Fsp3) is 0.385. The van der Waals surface area contributed by atoms with Crippen LogP contribution in [0.25, 0.3) is 10.6 Å². The van der Waals surface area contributed by atoms with Crippen LogP contribution in [0.2, 0.25) is 4.34 Å². The summed E-state index contributed by atoms with van der Waals surface area (Å²) in [7, 11) is 1.83. The molecule has 0 aromatic carbocycles. The van der Waals surface area contributed by atoms with Gasteiger partial charge in [0.1, 0.15) is 0 Å². The topological polar surface area (TPSA) is 46.9 Å². The molecular weight excluding hydrogens is 282 g/mol. The zero-order chi connectivity index (χ0) is 13.8. The Morgan fingerprint density at radius 2 is 2.32 bits per heavy atom. The minimum atomic E-state index is -0.127. The van der Waals surface area contributed by atoms with E-state index in [4.69, 9.17) is 11.6 Å². The SMILES string of the molecule is CCCCNC(=O)c1cc(-c2ccc(Cl)s2)n(C)n1. The highest BCUT2D eigenvalue weighted by Gasteiger charge is 2.14. The number of nitrogens with one attached hydrogen (secondary N) is 1. The Labute approximate surface area is 121 Å². The summed E-state index contributed by atoms with van der Waals surface area (Å²) >= 11 is 7.40. The highest BCUT2D eigenvalue weighted by molar-refractivity contribution is 7.19. The Hall–Kier alpha value is -1.33. The maximum Gasteiger partial charge on any atom is 0.271 e. The van der Waals surface area contributed by atoms with E-state index >= 15 is 0 Å². The summed E-state index contributed by atoms with van der Waals surface area (Å²) in [5.41, 5.74) is 1.34. The van der Waals surface area contributed by atoms with E-state index in [1.807, 2.05) is 19.2 Å². The number of aromatic nitrogens is 2. The number of unbranched alkanes of at least 4 members (excludes halogenated alkanes) is 1. The number of rotatable bonds is 5. The monoisotopic (exact) mass is 297 g/mol. The minimum absolute atomic E-state index is 0.127. The van der Waals surface area contributed by atoms with Crippen LogP contribution in [0.3, 0.4) is 0 Å². The maximum absolute atomic E-state index is 11.9. The minimum Gasteiger partial charge on any atom is -0.351 e. The van der Waals surface area contributed by atoms with E-state index in [-0.39, 0.29) is 5.91 Å². The maximum atomic E-state index is 11.9. The molecule has 2 rings (SSSR count). The molecule has 4 nitrogen and oxygen atoms in total. The molecule has 0 spiro atoms. The number of aryl methyl sites for hydroxylation is 1. The highest BCUT2D eigenvalue weighted by Crippen LogP contribution is 2.30. The van der Waals surface area contributed by atoms with Gasteiger partial charge in [-0.3, -0.25) is 9.48 Å². The molecule has 0 atom stereocenters. The summed E-state index contributed by atoms with van der Waals surface area (Å²) in [5, 5.41) is 7.10. The van der Waals surface area contributed by atoms with Crippen LogP contribution in [0.1, 0.15) is 30.3 Å². The lowest BCUT2D eigenvalue weighted by Gasteiger charge is -2.00. The van der Waals surface area contributed by atoms with Crippen molar-refractivity contribution in [3.8, 4) is 10.6 Å². The standard InChI is InChI=1S/C13H16ClN3OS/c1-3-4-7-15-13(18)9-8-10(17(2)16-9)11-5-6-12(14)19-11/h5-6,8H,3-4,7H2,1-2H3,(H,15,18). The van der Waals surface area contributed by atoms with Crippen LogP contribution in [-0.2, 0) is 7.05 Å². The second-order valence-electron chi connectivity index (χ2n) is 4.25. The van der Waals surface area contributed by atoms with Gasteiger partial charge in [0.05, 0.1) is 14.9 Å². The lowest BCUT2D eigenvalue weighted by atomic mass is 10.3. The molecule has 0 saturated carbocycles. The van der Waals surface area contributed by atoms with Crippen molar-refractivity contribution in [3.63, 3.8) is 0 Å². The molecule has 0 bridgehead atoms. The van der Waals surface area contributed by atoms with E-state index in [1.165, 1.54) is 11.3 Å². The summed E-state index contributed by atoms with van der Waals surface area (Å²) in [5.74, 6) is -0.127. The second-order valence-corrected chi connectivity index (χ2v) is 5.97. The largest absolute Gasteiger partial charge is 0.351 e. The Bertz CT molecular complexity index is 576. The summed E-state index contributed by atoms with van der Waals surface area (Å²) in [6, 6.07) is 5.57. The molecule has 0 aliphatic rings. The molecule has 0 saturated heterocycles. The van der Waals surface area contributed by atoms with Gasteiger partial charge in [-0.15, -0.1) is 11.3 Å². The fourth-order valence-corrected chi connectivity index (χ4v) is 2.82. The highest BCUT2D eigenvalue weighted by atomic mass is 35.5. The Morgan fingerprint density at radius 3 is 2.95 bits per heavy atom. The van der Waals surface area contributed by atoms with Crippen molar-refractivity contribution in [2.24, 2.45) is 7.05 Å². The first-order chi connectivity index (χ1) is 9.11. The Kier molecular flexibility index (Phi) is 4.61. The van der Waals surface area contributed by atoms with Crippen molar-refractivity contribution in [2.75, 3.05) is 6.54 Å². The van der Waals surface area contributed by atoms with E-state index in [2.05, 4.69) is 17.3 Å². The van der Waals surface area contributed by atoms with Crippen LogP contribution in [0.4, 0.5) is 0 Å². The molecule has 1 N–H and O–H groups in total. The number of carbonyl (C=O) groups excluding carboxylic acids is 1. The normalized spacial score (nSPS) is 10.7. The van der Waals surface area contributed by atoms with Crippen molar-refractivity contribution in [2.45, 2.75) is 19.8 Å². The summed E-state index contributed by atoms with van der Waals surface area (Å²) in [4.78, 5) is 12.9. The molecule has 0 aliphatic carbocycles. The van der Waals surface area contributed by atoms with Crippen LogP contribution in [-0.4, -0.2) is 22.2 Å². The van der Waals surface area contributed by atoms with E-state index in [1.54, 1.807) is 10.7 Å². The van der Waals surface area contributed by atoms with Crippen molar-refractivity contribution in [1.29, 1.82) is 0 Å². The van der Waals surface area contributed by atoms with Gasteiger partial charge in [0.15, 0.2) is 5.69 Å². The van der Waals surface area contributed by atoms with E-state index < -0.39 is 0 Å². The molecular formula is C13H16ClN3OS. The van der Waals surface area contributed by atoms with Gasteiger partial charge in [-0.05, 0) is 24.6 Å². The Morgan fingerprint density at radius 1 is 1.53 bits per heavy atom. The van der Waals surface area contributed by atoms with Crippen LogP contribution in [0.15, 0.2) is 18.2 Å². The predicted octanol–water partition coefficient (Wildman–Crippen LogP) is 3.33. The number of nitrogens with zero attached hydrogens (tertiary/aromatic N) is 2. The van der Waals surface area contributed by atoms with Crippen molar-refractivity contribution in [3.05, 3.63) is 28.2 Å². The van der Waals surface area contributed by atoms with Crippen LogP contribution in [0.5, 0.6) is 0 Å². The molecule has 19 heavy (non-hydrogen) atoms. The van der Waals surface area contributed by atoms with Gasteiger partial charge in [0, 0.05) is 13.6 Å². The molecule has 0 unspecified atom stereocenters. The van der Waals surface area contributed by atoms with Crippen molar-refractivity contribution >= 4 is 28.8 Å². The first kappa shape index (κ1) is 14.1. The molecule has 2 aromatic rings. The quantitative estimate of drug-likeness (QED) is 0.861. The average molecular weight is 298 g/mol. The summed E-state index contributed by atoms with van der Waals surface area (Å²) in [6.45, 7) is 2.78. The van der Waals surface area contributed by atoms with E-state index in [9.17, 15) is 4.79 Å². The lowest BCUT2D eigenvalue weighted by molar-refractivity contribution is 0.0947. The van der Waals surface area contributed by atoms with Gasteiger partial charge in [0.2, 0.25) is 0 Å². The number of amides is 1. The summed E-state index contributed by atoms with van der Waals surface area (Å²) in [6.07, 6.45) is 2.04. The van der Waals surface area contributed by atoms with Crippen molar-refractivity contribution < 1.29 is 4.79 Å². The van der Waals surface area contributed by atoms with Crippen LogP contribution in [0, 0.1) is 0 Å². The van der Waals surface area contributed by atoms with Gasteiger partial charge < -0.3 is 5.32 Å². The molecule has 0 fully saturated rings. The van der Waals surface area contributed by atoms with Gasteiger partial charge in [-0.2, -0.15) is 5.10 Å². The molecule has 102 valence electrons. The third-order valence-electron chi connectivity index (χ3n) is 2.75. The number of hydrogen-bond donors (Lipinski definition) is 1. The molecule has 2 aromatic heterocycles. The average Bonchev–Trinajstić information content (AvgIpc) is 2.95. The molecule has 1 amide bonds. The zero-order valence-corrected chi connectivity index (χ0v) is 12.5. The van der Waals surface area contributed by atoms with E-state index in [0.717, 1.165) is 27.7 Å². The van der Waals surface area contributed by atoms with Crippen molar-refractivity contribution in [1.82, 2.24) is 15.1 Å². The van der Waals surface area contributed by atoms with Crippen LogP contribution >= 0.6 is 22.9 Å². The molecule has 6 heteroatoms. The van der Waals surface area contributed by atoms with Gasteiger partial charge >= 0.3 is 0 Å². The first-order valence-electron chi connectivity index (χ1n) is 6.19. The van der Waals surface area contributed by atoms with Gasteiger partial charge in [-0.25, -0.2) is 0 Å². The third kappa shape index (κ3) is 3.36.